The normalized spacial score (nSPS) is 37.2. The van der Waals surface area contributed by atoms with Crippen LogP contribution in [0.1, 0.15) is 64.7 Å². The third kappa shape index (κ3) is 8.37. The molecule has 3 fully saturated rings. The second-order valence-corrected chi connectivity index (χ2v) is 12.0. The van der Waals surface area contributed by atoms with Gasteiger partial charge in [-0.15, -0.1) is 0 Å². The van der Waals surface area contributed by atoms with E-state index in [1.807, 2.05) is 6.08 Å². The molecule has 0 aromatic carbocycles. The molecule has 1 aliphatic heterocycles. The Morgan fingerprint density at radius 2 is 2.00 bits per heavy atom. The van der Waals surface area contributed by atoms with E-state index in [-0.39, 0.29) is 44.9 Å². The maximum absolute atomic E-state index is 13.0. The zero-order valence-electron chi connectivity index (χ0n) is 24.0. The van der Waals surface area contributed by atoms with Gasteiger partial charge < -0.3 is 61.5 Å². The summed E-state index contributed by atoms with van der Waals surface area (Å²) >= 11 is 0. The van der Waals surface area contributed by atoms with Gasteiger partial charge in [0.15, 0.2) is 12.6 Å². The molecule has 13 heteroatoms. The summed E-state index contributed by atoms with van der Waals surface area (Å²) in [5.41, 5.74) is 10.7. The Morgan fingerprint density at radius 3 is 2.63 bits per heavy atom. The van der Waals surface area contributed by atoms with Gasteiger partial charge in [-0.25, -0.2) is 0 Å². The topological polar surface area (TPSA) is 211 Å². The standard InChI is InChI=1S/C28H50N4O9/c1-2-21(34)26(38-10-9-33)41-25-20(32-27(36)28(37)12-17(29)13-28)11-19(30)24(23(25)35)40-22-8-4-7-18(39-22)15-31-14-16-5-3-6-16/h7,16-17,19-26,31,33-35,37H,2-6,8-15,29-30H2,1H3,(H,32,36)/t17?,19-,20+,21+,22+,23-,24+,25-,26+,28?/m0/s1. The number of carbonyl (C=O) groups excluding carboxylic acids is 1. The molecule has 0 radical (unpaired) electrons. The Labute approximate surface area is 241 Å². The van der Waals surface area contributed by atoms with Crippen LogP contribution in [0.5, 0.6) is 0 Å². The van der Waals surface area contributed by atoms with Crippen LogP contribution in [0, 0.1) is 5.92 Å². The molecule has 236 valence electrons. The highest BCUT2D eigenvalue weighted by Crippen LogP contribution is 2.34. The first-order valence-electron chi connectivity index (χ1n) is 15.1. The van der Waals surface area contributed by atoms with Crippen molar-refractivity contribution in [2.45, 2.75) is 125 Å². The number of hydrogen-bond acceptors (Lipinski definition) is 12. The van der Waals surface area contributed by atoms with Crippen molar-refractivity contribution in [2.24, 2.45) is 17.4 Å². The van der Waals surface area contributed by atoms with Gasteiger partial charge in [-0.2, -0.15) is 0 Å². The highest BCUT2D eigenvalue weighted by Gasteiger charge is 2.52. The molecule has 0 aromatic rings. The van der Waals surface area contributed by atoms with Crippen LogP contribution < -0.4 is 22.1 Å². The summed E-state index contributed by atoms with van der Waals surface area (Å²) in [4.78, 5) is 13.0. The van der Waals surface area contributed by atoms with E-state index in [9.17, 15) is 25.2 Å². The maximum Gasteiger partial charge on any atom is 0.252 e. The number of aliphatic hydroxyl groups excluding tert-OH is 3. The van der Waals surface area contributed by atoms with E-state index < -0.39 is 60.6 Å². The van der Waals surface area contributed by atoms with E-state index in [1.54, 1.807) is 6.92 Å². The van der Waals surface area contributed by atoms with E-state index in [0.717, 1.165) is 24.6 Å². The van der Waals surface area contributed by atoms with Crippen LogP contribution in [-0.2, 0) is 23.7 Å². The number of aliphatic hydroxyl groups is 4. The molecule has 0 saturated heterocycles. The van der Waals surface area contributed by atoms with Gasteiger partial charge in [0.1, 0.15) is 35.8 Å². The Morgan fingerprint density at radius 1 is 1.24 bits per heavy atom. The lowest BCUT2D eigenvalue weighted by atomic mass is 9.75. The van der Waals surface area contributed by atoms with Gasteiger partial charge >= 0.3 is 0 Å². The van der Waals surface area contributed by atoms with Crippen LogP contribution in [0.25, 0.3) is 0 Å². The Hall–Kier alpha value is -1.39. The van der Waals surface area contributed by atoms with Crippen LogP contribution in [0.3, 0.4) is 0 Å². The van der Waals surface area contributed by atoms with E-state index in [4.69, 9.17) is 30.4 Å². The summed E-state index contributed by atoms with van der Waals surface area (Å²) in [6.07, 6.45) is 1.65. The van der Waals surface area contributed by atoms with Crippen molar-refractivity contribution in [3.8, 4) is 0 Å². The van der Waals surface area contributed by atoms with Gasteiger partial charge in [0.25, 0.3) is 5.91 Å². The summed E-state index contributed by atoms with van der Waals surface area (Å²) < 4.78 is 23.9. The number of nitrogens with one attached hydrogen (secondary N) is 2. The molecule has 10 N–H and O–H groups in total. The minimum Gasteiger partial charge on any atom is -0.468 e. The van der Waals surface area contributed by atoms with Crippen molar-refractivity contribution in [3.63, 3.8) is 0 Å². The average Bonchev–Trinajstić information content (AvgIpc) is 2.90. The van der Waals surface area contributed by atoms with Crippen LogP contribution in [0.2, 0.25) is 0 Å². The van der Waals surface area contributed by atoms with Crippen molar-refractivity contribution in [1.82, 2.24) is 10.6 Å². The Bertz CT molecular complexity index is 870. The summed E-state index contributed by atoms with van der Waals surface area (Å²) in [6.45, 7) is 2.90. The van der Waals surface area contributed by atoms with Crippen LogP contribution in [0.4, 0.5) is 0 Å². The second-order valence-electron chi connectivity index (χ2n) is 12.0. The Kier molecular flexibility index (Phi) is 11.8. The zero-order valence-corrected chi connectivity index (χ0v) is 24.0. The summed E-state index contributed by atoms with van der Waals surface area (Å²) in [6, 6.07) is -1.79. The van der Waals surface area contributed by atoms with Gasteiger partial charge in [0.05, 0.1) is 25.8 Å². The molecule has 0 bridgehead atoms. The smallest absolute Gasteiger partial charge is 0.252 e. The molecule has 4 rings (SSSR count). The van der Waals surface area contributed by atoms with Gasteiger partial charge in [-0.3, -0.25) is 4.79 Å². The summed E-state index contributed by atoms with van der Waals surface area (Å²) in [5, 5.41) is 48.2. The molecule has 3 aliphatic carbocycles. The molecule has 1 heterocycles. The van der Waals surface area contributed by atoms with Crippen molar-refractivity contribution in [1.29, 1.82) is 0 Å². The minimum atomic E-state index is -1.60. The summed E-state index contributed by atoms with van der Waals surface area (Å²) in [5.74, 6) is 0.887. The van der Waals surface area contributed by atoms with Gasteiger partial charge in [0, 0.05) is 31.3 Å². The molecule has 41 heavy (non-hydrogen) atoms. The largest absolute Gasteiger partial charge is 0.468 e. The molecule has 0 aromatic heterocycles. The third-order valence-electron chi connectivity index (χ3n) is 8.68. The molecule has 4 aliphatic rings. The second kappa shape index (κ2) is 14.9. The molecular formula is C28H50N4O9. The number of ether oxygens (including phenoxy) is 4. The predicted molar refractivity (Wildman–Crippen MR) is 148 cm³/mol. The summed E-state index contributed by atoms with van der Waals surface area (Å²) in [7, 11) is 0. The molecule has 0 unspecified atom stereocenters. The highest BCUT2D eigenvalue weighted by atomic mass is 16.7. The monoisotopic (exact) mass is 586 g/mol. The molecule has 3 saturated carbocycles. The molecule has 0 spiro atoms. The maximum atomic E-state index is 13.0. The fourth-order valence-corrected chi connectivity index (χ4v) is 5.93. The van der Waals surface area contributed by atoms with E-state index in [1.165, 1.54) is 19.3 Å². The fraction of sp³-hybridized carbons (Fsp3) is 0.893. The van der Waals surface area contributed by atoms with E-state index in [0.29, 0.717) is 13.0 Å². The first-order chi connectivity index (χ1) is 19.6. The SMILES string of the molecule is CC[C@@H](O)[C@H](OCCO)O[C@@H]1[C@@H](O)[C@H](O[C@@H]2CCC=C(CNCC3CCC3)O2)[C@@H](N)C[C@H]1NC(=O)C1(O)CC(N)C1. The lowest BCUT2D eigenvalue weighted by molar-refractivity contribution is -0.269. The van der Waals surface area contributed by atoms with E-state index in [2.05, 4.69) is 10.6 Å². The number of rotatable bonds is 15. The van der Waals surface area contributed by atoms with Crippen LogP contribution >= 0.6 is 0 Å². The quantitative estimate of drug-likeness (QED) is 0.105. The lowest BCUT2D eigenvalue weighted by Gasteiger charge is -2.47. The number of allylic oxidation sites excluding steroid dienone is 1. The van der Waals surface area contributed by atoms with Crippen LogP contribution in [-0.4, -0.2) is 113 Å². The number of hydrogen-bond donors (Lipinski definition) is 8. The zero-order chi connectivity index (χ0) is 29.6. The number of amides is 1. The Balaban J connectivity index is 1.42. The molecular weight excluding hydrogens is 536 g/mol. The van der Waals surface area contributed by atoms with E-state index >= 15 is 0 Å². The molecule has 8 atom stereocenters. The third-order valence-corrected chi connectivity index (χ3v) is 8.68. The van der Waals surface area contributed by atoms with Crippen molar-refractivity contribution in [2.75, 3.05) is 26.3 Å². The van der Waals surface area contributed by atoms with Crippen molar-refractivity contribution in [3.05, 3.63) is 11.8 Å². The van der Waals surface area contributed by atoms with Gasteiger partial charge in [-0.05, 0) is 50.6 Å². The van der Waals surface area contributed by atoms with Gasteiger partial charge in [0.2, 0.25) is 0 Å². The minimum absolute atomic E-state index is 0.0988. The van der Waals surface area contributed by atoms with Crippen molar-refractivity contribution >= 4 is 5.91 Å². The van der Waals surface area contributed by atoms with Crippen molar-refractivity contribution < 1.29 is 44.2 Å². The predicted octanol–water partition coefficient (Wildman–Crippen LogP) is -1.30. The molecule has 1 amide bonds. The first kappa shape index (κ1) is 32.5. The number of nitrogens with two attached hydrogens (primary N) is 2. The fourth-order valence-electron chi connectivity index (χ4n) is 5.93. The number of carbonyl (C=O) groups is 1. The lowest BCUT2D eigenvalue weighted by Crippen LogP contribution is -2.69. The molecule has 13 nitrogen and oxygen atoms in total. The van der Waals surface area contributed by atoms with Gasteiger partial charge in [-0.1, -0.05) is 13.3 Å². The van der Waals surface area contributed by atoms with Crippen LogP contribution in [0.15, 0.2) is 11.8 Å². The highest BCUT2D eigenvalue weighted by molar-refractivity contribution is 5.86. The first-order valence-corrected chi connectivity index (χ1v) is 15.1. The average molecular weight is 587 g/mol.